The summed E-state index contributed by atoms with van der Waals surface area (Å²) in [6.07, 6.45) is 0.518. The van der Waals surface area contributed by atoms with Crippen LogP contribution in [0, 0.1) is 5.82 Å². The quantitative estimate of drug-likeness (QED) is 0.740. The lowest BCUT2D eigenvalue weighted by atomic mass is 10.0. The van der Waals surface area contributed by atoms with Gasteiger partial charge in [0.2, 0.25) is 0 Å². The molecule has 0 bridgehead atoms. The summed E-state index contributed by atoms with van der Waals surface area (Å²) in [7, 11) is 0. The van der Waals surface area contributed by atoms with E-state index < -0.39 is 0 Å². The topological polar surface area (TPSA) is 38.3 Å². The number of rotatable bonds is 2. The molecule has 1 aromatic rings. The second kappa shape index (κ2) is 4.51. The first-order chi connectivity index (χ1) is 7.31. The third kappa shape index (κ3) is 2.22. The lowest BCUT2D eigenvalue weighted by Gasteiger charge is -2.29. The third-order valence-corrected chi connectivity index (χ3v) is 2.45. The maximum Gasteiger partial charge on any atom is 0.139 e. The highest BCUT2D eigenvalue weighted by atomic mass is 19.1. The third-order valence-electron chi connectivity index (χ3n) is 2.45. The predicted octanol–water partition coefficient (Wildman–Crippen LogP) is 1.05. The van der Waals surface area contributed by atoms with Gasteiger partial charge in [-0.05, 0) is 17.7 Å². The van der Waals surface area contributed by atoms with Crippen molar-refractivity contribution in [3.63, 3.8) is 0 Å². The first-order valence-corrected chi connectivity index (χ1v) is 4.87. The molecule has 4 heteroatoms. The van der Waals surface area contributed by atoms with Crippen molar-refractivity contribution in [2.24, 2.45) is 0 Å². The van der Waals surface area contributed by atoms with Crippen LogP contribution < -0.4 is 5.32 Å². The zero-order valence-corrected chi connectivity index (χ0v) is 8.15. The molecule has 0 radical (unpaired) electrons. The molecule has 80 valence electrons. The van der Waals surface area contributed by atoms with Crippen LogP contribution in [0.5, 0.6) is 0 Å². The smallest absolute Gasteiger partial charge is 0.139 e. The zero-order valence-electron chi connectivity index (χ0n) is 8.15. The Labute approximate surface area is 87.2 Å². The summed E-state index contributed by atoms with van der Waals surface area (Å²) in [5.74, 6) is -0.287. The number of morpholine rings is 1. The SMILES string of the molecule is O=CC1NCCOC1c1ccc(F)cc1. The van der Waals surface area contributed by atoms with E-state index in [-0.39, 0.29) is 18.0 Å². The number of aldehydes is 1. The molecule has 3 nitrogen and oxygen atoms in total. The summed E-state index contributed by atoms with van der Waals surface area (Å²) >= 11 is 0. The minimum atomic E-state index is -0.343. The maximum atomic E-state index is 12.7. The van der Waals surface area contributed by atoms with Crippen LogP contribution >= 0.6 is 0 Å². The van der Waals surface area contributed by atoms with Crippen molar-refractivity contribution in [2.75, 3.05) is 13.2 Å². The molecule has 1 heterocycles. The number of nitrogens with one attached hydrogen (secondary N) is 1. The Morgan fingerprint density at radius 3 is 2.80 bits per heavy atom. The normalized spacial score (nSPS) is 26.2. The molecule has 15 heavy (non-hydrogen) atoms. The van der Waals surface area contributed by atoms with E-state index in [4.69, 9.17) is 4.74 Å². The van der Waals surface area contributed by atoms with Gasteiger partial charge < -0.3 is 14.8 Å². The molecule has 0 saturated carbocycles. The van der Waals surface area contributed by atoms with E-state index in [1.54, 1.807) is 12.1 Å². The van der Waals surface area contributed by atoms with E-state index in [1.807, 2.05) is 0 Å². The summed E-state index contributed by atoms with van der Waals surface area (Å²) in [6.45, 7) is 1.23. The van der Waals surface area contributed by atoms with Gasteiger partial charge in [0, 0.05) is 6.54 Å². The molecule has 1 aliphatic heterocycles. The van der Waals surface area contributed by atoms with Crippen molar-refractivity contribution in [1.82, 2.24) is 5.32 Å². The number of hydrogen-bond donors (Lipinski definition) is 1. The summed E-state index contributed by atoms with van der Waals surface area (Å²) in [6, 6.07) is 5.68. The van der Waals surface area contributed by atoms with Gasteiger partial charge in [-0.1, -0.05) is 12.1 Å². The maximum absolute atomic E-state index is 12.7. The van der Waals surface area contributed by atoms with Gasteiger partial charge in [-0.3, -0.25) is 0 Å². The minimum absolute atomic E-state index is 0.287. The number of halogens is 1. The molecule has 1 aliphatic rings. The van der Waals surface area contributed by atoms with Crippen molar-refractivity contribution >= 4 is 6.29 Å². The van der Waals surface area contributed by atoms with Crippen molar-refractivity contribution in [2.45, 2.75) is 12.1 Å². The molecule has 2 rings (SSSR count). The van der Waals surface area contributed by atoms with Crippen molar-refractivity contribution in [3.05, 3.63) is 35.6 Å². The largest absolute Gasteiger partial charge is 0.370 e. The highest BCUT2D eigenvalue weighted by Gasteiger charge is 2.26. The van der Waals surface area contributed by atoms with Gasteiger partial charge in [0.05, 0.1) is 12.6 Å². The summed E-state index contributed by atoms with van der Waals surface area (Å²) in [4.78, 5) is 10.8. The van der Waals surface area contributed by atoms with Crippen LogP contribution in [-0.2, 0) is 9.53 Å². The molecule has 1 N–H and O–H groups in total. The molecule has 1 fully saturated rings. The Bertz CT molecular complexity index is 339. The summed E-state index contributed by atoms with van der Waals surface area (Å²) in [5, 5.41) is 3.05. The van der Waals surface area contributed by atoms with Crippen molar-refractivity contribution in [1.29, 1.82) is 0 Å². The number of benzene rings is 1. The van der Waals surface area contributed by atoms with E-state index in [0.29, 0.717) is 13.2 Å². The fraction of sp³-hybridized carbons (Fsp3) is 0.364. The standard InChI is InChI=1S/C11H12FNO2/c12-9-3-1-8(2-4-9)11-10(7-14)13-5-6-15-11/h1-4,7,10-11,13H,5-6H2. The van der Waals surface area contributed by atoms with Gasteiger partial charge in [0.15, 0.2) is 0 Å². The van der Waals surface area contributed by atoms with Gasteiger partial charge in [-0.2, -0.15) is 0 Å². The first kappa shape index (κ1) is 10.3. The molecular weight excluding hydrogens is 197 g/mol. The van der Waals surface area contributed by atoms with Crippen LogP contribution in [0.1, 0.15) is 11.7 Å². The molecule has 0 amide bonds. The van der Waals surface area contributed by atoms with E-state index in [0.717, 1.165) is 11.8 Å². The highest BCUT2D eigenvalue weighted by molar-refractivity contribution is 5.59. The van der Waals surface area contributed by atoms with E-state index in [9.17, 15) is 9.18 Å². The molecule has 0 aromatic heterocycles. The summed E-state index contributed by atoms with van der Waals surface area (Å²) < 4.78 is 18.2. The monoisotopic (exact) mass is 209 g/mol. The van der Waals surface area contributed by atoms with Gasteiger partial charge in [-0.25, -0.2) is 4.39 Å². The fourth-order valence-corrected chi connectivity index (χ4v) is 1.70. The Hall–Kier alpha value is -1.26. The highest BCUT2D eigenvalue weighted by Crippen LogP contribution is 2.22. The second-order valence-electron chi connectivity index (χ2n) is 3.46. The van der Waals surface area contributed by atoms with Crippen molar-refractivity contribution in [3.8, 4) is 0 Å². The number of hydrogen-bond acceptors (Lipinski definition) is 3. The Kier molecular flexibility index (Phi) is 3.08. The van der Waals surface area contributed by atoms with Crippen LogP contribution in [0.15, 0.2) is 24.3 Å². The summed E-state index contributed by atoms with van der Waals surface area (Å²) in [5.41, 5.74) is 0.820. The Morgan fingerprint density at radius 2 is 2.13 bits per heavy atom. The van der Waals surface area contributed by atoms with Crippen LogP contribution in [0.2, 0.25) is 0 Å². The predicted molar refractivity (Wildman–Crippen MR) is 52.9 cm³/mol. The van der Waals surface area contributed by atoms with Gasteiger partial charge in [0.1, 0.15) is 18.2 Å². The van der Waals surface area contributed by atoms with E-state index in [1.165, 1.54) is 12.1 Å². The average molecular weight is 209 g/mol. The number of carbonyl (C=O) groups is 1. The molecular formula is C11H12FNO2. The molecule has 1 aromatic carbocycles. The fourth-order valence-electron chi connectivity index (χ4n) is 1.70. The Morgan fingerprint density at radius 1 is 1.40 bits per heavy atom. The van der Waals surface area contributed by atoms with Gasteiger partial charge in [0.25, 0.3) is 0 Å². The molecule has 0 aliphatic carbocycles. The number of carbonyl (C=O) groups excluding carboxylic acids is 1. The molecule has 1 saturated heterocycles. The number of ether oxygens (including phenoxy) is 1. The van der Waals surface area contributed by atoms with Crippen LogP contribution in [0.25, 0.3) is 0 Å². The van der Waals surface area contributed by atoms with Gasteiger partial charge >= 0.3 is 0 Å². The van der Waals surface area contributed by atoms with E-state index >= 15 is 0 Å². The molecule has 2 unspecified atom stereocenters. The van der Waals surface area contributed by atoms with Crippen LogP contribution in [-0.4, -0.2) is 25.5 Å². The average Bonchev–Trinajstić information content (AvgIpc) is 2.30. The molecule has 2 atom stereocenters. The lowest BCUT2D eigenvalue weighted by Crippen LogP contribution is -2.44. The Balaban J connectivity index is 2.20. The van der Waals surface area contributed by atoms with Crippen LogP contribution in [0.3, 0.4) is 0 Å². The van der Waals surface area contributed by atoms with Crippen LogP contribution in [0.4, 0.5) is 4.39 Å². The lowest BCUT2D eigenvalue weighted by molar-refractivity contribution is -0.115. The second-order valence-corrected chi connectivity index (χ2v) is 3.46. The van der Waals surface area contributed by atoms with Crippen molar-refractivity contribution < 1.29 is 13.9 Å². The minimum Gasteiger partial charge on any atom is -0.370 e. The van der Waals surface area contributed by atoms with E-state index in [2.05, 4.69) is 5.32 Å². The molecule has 0 spiro atoms. The van der Waals surface area contributed by atoms with Gasteiger partial charge in [-0.15, -0.1) is 0 Å². The first-order valence-electron chi connectivity index (χ1n) is 4.87. The zero-order chi connectivity index (χ0) is 10.7.